The highest BCUT2D eigenvalue weighted by molar-refractivity contribution is 5.89. The fraction of sp³-hybridized carbons (Fsp3) is 0.467. The van der Waals surface area contributed by atoms with E-state index in [0.29, 0.717) is 31.9 Å². The molecule has 2 aliphatic rings. The molecule has 0 aromatic heterocycles. The molecule has 0 bridgehead atoms. The maximum atomic E-state index is 12.8. The zero-order valence-corrected chi connectivity index (χ0v) is 11.5. The molecule has 2 unspecified atom stereocenters. The quantitative estimate of drug-likeness (QED) is 0.875. The largest absolute Gasteiger partial charge is 0.493 e. The molecule has 112 valence electrons. The van der Waals surface area contributed by atoms with Gasteiger partial charge in [-0.1, -0.05) is 18.2 Å². The Labute approximate surface area is 122 Å². The first-order valence-corrected chi connectivity index (χ1v) is 7.01. The van der Waals surface area contributed by atoms with E-state index in [1.165, 1.54) is 4.90 Å². The van der Waals surface area contributed by atoms with Crippen LogP contribution < -0.4 is 4.74 Å². The molecule has 2 aliphatic heterocycles. The maximum Gasteiger partial charge on any atom is 0.328 e. The summed E-state index contributed by atoms with van der Waals surface area (Å²) in [6.07, 6.45) is 0.569. The second kappa shape index (κ2) is 5.73. The molecule has 1 aromatic rings. The maximum absolute atomic E-state index is 12.8. The van der Waals surface area contributed by atoms with E-state index in [-0.39, 0.29) is 18.4 Å². The summed E-state index contributed by atoms with van der Waals surface area (Å²) < 4.78 is 10.7. The van der Waals surface area contributed by atoms with Crippen molar-refractivity contribution in [2.24, 2.45) is 0 Å². The highest BCUT2D eigenvalue weighted by atomic mass is 16.5. The molecule has 1 N–H and O–H groups in total. The lowest BCUT2D eigenvalue weighted by Crippen LogP contribution is -2.54. The first-order chi connectivity index (χ1) is 10.2. The van der Waals surface area contributed by atoms with E-state index in [1.54, 1.807) is 0 Å². The summed E-state index contributed by atoms with van der Waals surface area (Å²) >= 11 is 0. The van der Waals surface area contributed by atoms with Crippen LogP contribution in [-0.2, 0) is 14.3 Å². The monoisotopic (exact) mass is 291 g/mol. The van der Waals surface area contributed by atoms with Crippen LogP contribution in [0.4, 0.5) is 0 Å². The molecule has 0 saturated carbocycles. The van der Waals surface area contributed by atoms with Crippen molar-refractivity contribution >= 4 is 11.9 Å². The molecule has 1 aromatic carbocycles. The number of carbonyl (C=O) groups excluding carboxylic acids is 1. The molecular formula is C15H17NO5. The Morgan fingerprint density at radius 1 is 1.24 bits per heavy atom. The standard InChI is InChI=1S/C15H17NO5/c17-14(16-6-8-20-9-12(16)15(18)19)11-5-7-21-13-4-2-1-3-10(11)13/h1-4,11-12H,5-9H2,(H,18,19). The number of aliphatic carboxylic acids is 1. The zero-order valence-electron chi connectivity index (χ0n) is 11.5. The predicted octanol–water partition coefficient (Wildman–Crippen LogP) is 0.865. The molecule has 2 heterocycles. The Balaban J connectivity index is 1.86. The Kier molecular flexibility index (Phi) is 3.79. The number of carboxylic acids is 1. The summed E-state index contributed by atoms with van der Waals surface area (Å²) in [4.78, 5) is 25.5. The van der Waals surface area contributed by atoms with Crippen LogP contribution in [0.2, 0.25) is 0 Å². The van der Waals surface area contributed by atoms with Gasteiger partial charge in [0, 0.05) is 12.1 Å². The fourth-order valence-corrected chi connectivity index (χ4v) is 2.87. The van der Waals surface area contributed by atoms with Crippen molar-refractivity contribution in [1.82, 2.24) is 4.90 Å². The van der Waals surface area contributed by atoms with Crippen LogP contribution in [0.25, 0.3) is 0 Å². The summed E-state index contributed by atoms with van der Waals surface area (Å²) in [5.74, 6) is -0.804. The number of rotatable bonds is 2. The number of ether oxygens (including phenoxy) is 2. The van der Waals surface area contributed by atoms with Gasteiger partial charge < -0.3 is 19.5 Å². The number of carbonyl (C=O) groups is 2. The van der Waals surface area contributed by atoms with Gasteiger partial charge >= 0.3 is 5.97 Å². The van der Waals surface area contributed by atoms with Gasteiger partial charge in [-0.25, -0.2) is 4.79 Å². The normalized spacial score (nSPS) is 24.9. The molecule has 6 nitrogen and oxygen atoms in total. The van der Waals surface area contributed by atoms with E-state index in [2.05, 4.69) is 0 Å². The third-order valence-corrected chi connectivity index (χ3v) is 3.95. The molecule has 0 radical (unpaired) electrons. The minimum atomic E-state index is -1.02. The van der Waals surface area contributed by atoms with Gasteiger partial charge in [0.25, 0.3) is 0 Å². The van der Waals surface area contributed by atoms with Crippen molar-refractivity contribution in [3.8, 4) is 5.75 Å². The third-order valence-electron chi connectivity index (χ3n) is 3.95. The first kappa shape index (κ1) is 13.9. The highest BCUT2D eigenvalue weighted by Gasteiger charge is 2.38. The minimum absolute atomic E-state index is 0.0476. The van der Waals surface area contributed by atoms with Crippen LogP contribution in [0.5, 0.6) is 5.75 Å². The number of fused-ring (bicyclic) bond motifs is 1. The van der Waals surface area contributed by atoms with Crippen LogP contribution in [0.1, 0.15) is 17.9 Å². The lowest BCUT2D eigenvalue weighted by atomic mass is 9.91. The zero-order chi connectivity index (χ0) is 14.8. The molecule has 2 atom stereocenters. The number of hydrogen-bond acceptors (Lipinski definition) is 4. The topological polar surface area (TPSA) is 76.1 Å². The Morgan fingerprint density at radius 3 is 2.86 bits per heavy atom. The van der Waals surface area contributed by atoms with Crippen molar-refractivity contribution in [3.63, 3.8) is 0 Å². The number of amides is 1. The van der Waals surface area contributed by atoms with Gasteiger partial charge in [-0.3, -0.25) is 4.79 Å². The van der Waals surface area contributed by atoms with E-state index in [4.69, 9.17) is 9.47 Å². The van der Waals surface area contributed by atoms with Crippen LogP contribution in [0.15, 0.2) is 24.3 Å². The average molecular weight is 291 g/mol. The van der Waals surface area contributed by atoms with Crippen LogP contribution in [-0.4, -0.2) is 54.3 Å². The van der Waals surface area contributed by atoms with Gasteiger partial charge in [-0.15, -0.1) is 0 Å². The van der Waals surface area contributed by atoms with Gasteiger partial charge in [0.15, 0.2) is 6.04 Å². The van der Waals surface area contributed by atoms with Gasteiger partial charge in [0.2, 0.25) is 5.91 Å². The smallest absolute Gasteiger partial charge is 0.328 e. The lowest BCUT2D eigenvalue weighted by Gasteiger charge is -2.36. The Bertz CT molecular complexity index is 559. The summed E-state index contributed by atoms with van der Waals surface area (Å²) in [6.45, 7) is 1.21. The highest BCUT2D eigenvalue weighted by Crippen LogP contribution is 2.35. The minimum Gasteiger partial charge on any atom is -0.493 e. The number of hydrogen-bond donors (Lipinski definition) is 1. The van der Waals surface area contributed by atoms with Crippen LogP contribution >= 0.6 is 0 Å². The molecule has 1 amide bonds. The summed E-state index contributed by atoms with van der Waals surface area (Å²) in [7, 11) is 0. The predicted molar refractivity (Wildman–Crippen MR) is 73.3 cm³/mol. The Morgan fingerprint density at radius 2 is 2.05 bits per heavy atom. The number of para-hydroxylation sites is 1. The number of benzene rings is 1. The fourth-order valence-electron chi connectivity index (χ4n) is 2.87. The average Bonchev–Trinajstić information content (AvgIpc) is 2.53. The first-order valence-electron chi connectivity index (χ1n) is 7.01. The van der Waals surface area contributed by atoms with Gasteiger partial charge in [-0.2, -0.15) is 0 Å². The summed E-state index contributed by atoms with van der Waals surface area (Å²) in [5, 5.41) is 9.25. The SMILES string of the molecule is O=C(O)C1COCCN1C(=O)C1CCOc2ccccc21. The van der Waals surface area contributed by atoms with Crippen molar-refractivity contribution in [2.45, 2.75) is 18.4 Å². The van der Waals surface area contributed by atoms with Gasteiger partial charge in [0.05, 0.1) is 25.7 Å². The molecule has 1 fully saturated rings. The lowest BCUT2D eigenvalue weighted by molar-refractivity contribution is -0.159. The number of nitrogens with zero attached hydrogens (tertiary/aromatic N) is 1. The summed E-state index contributed by atoms with van der Waals surface area (Å²) in [5.41, 5.74) is 0.837. The molecule has 21 heavy (non-hydrogen) atoms. The summed E-state index contributed by atoms with van der Waals surface area (Å²) in [6, 6.07) is 6.53. The number of morpholine rings is 1. The molecule has 0 aliphatic carbocycles. The number of carboxylic acid groups (broad SMARTS) is 1. The van der Waals surface area contributed by atoms with E-state index in [9.17, 15) is 14.7 Å². The van der Waals surface area contributed by atoms with Crippen LogP contribution in [0.3, 0.4) is 0 Å². The van der Waals surface area contributed by atoms with Gasteiger partial charge in [0.1, 0.15) is 5.75 Å². The van der Waals surface area contributed by atoms with Crippen molar-refractivity contribution in [3.05, 3.63) is 29.8 Å². The molecule has 6 heteroatoms. The van der Waals surface area contributed by atoms with E-state index < -0.39 is 12.0 Å². The molecule has 1 saturated heterocycles. The van der Waals surface area contributed by atoms with Crippen molar-refractivity contribution < 1.29 is 24.2 Å². The van der Waals surface area contributed by atoms with E-state index >= 15 is 0 Å². The van der Waals surface area contributed by atoms with Crippen LogP contribution in [0, 0.1) is 0 Å². The Hall–Kier alpha value is -2.08. The van der Waals surface area contributed by atoms with Crippen molar-refractivity contribution in [1.29, 1.82) is 0 Å². The second-order valence-corrected chi connectivity index (χ2v) is 5.19. The second-order valence-electron chi connectivity index (χ2n) is 5.19. The molecule has 0 spiro atoms. The third kappa shape index (κ3) is 2.58. The van der Waals surface area contributed by atoms with Gasteiger partial charge in [-0.05, 0) is 12.5 Å². The van der Waals surface area contributed by atoms with E-state index in [1.807, 2.05) is 24.3 Å². The van der Waals surface area contributed by atoms with E-state index in [0.717, 1.165) is 5.56 Å². The van der Waals surface area contributed by atoms with Crippen molar-refractivity contribution in [2.75, 3.05) is 26.4 Å². The molecule has 3 rings (SSSR count). The molecular weight excluding hydrogens is 274 g/mol.